The normalized spacial score (nSPS) is 19.9. The Kier molecular flexibility index (Phi) is 4.82. The molecule has 0 saturated carbocycles. The molecule has 6 nitrogen and oxygen atoms in total. The third kappa shape index (κ3) is 3.13. The standard InChI is InChI=1S/C24H21N3O3S/c28-21-12-13-24(23(30)25-15-18-9-6-14-31-18)26(16-17-7-2-1-3-8-17)22(29)19-10-4-5-11-20(19)27(21)24/h1-11,14H,12-13,15-16H2,(H,25,30). The number of carbonyl (C=O) groups excluding carboxylic acids is 3. The van der Waals surface area contributed by atoms with Gasteiger partial charge in [-0.15, -0.1) is 11.3 Å². The van der Waals surface area contributed by atoms with Crippen LogP contribution in [0.15, 0.2) is 72.1 Å². The maximum Gasteiger partial charge on any atom is 0.267 e. The Bertz CT molecular complexity index is 1150. The summed E-state index contributed by atoms with van der Waals surface area (Å²) in [5, 5.41) is 4.94. The Balaban J connectivity index is 1.60. The summed E-state index contributed by atoms with van der Waals surface area (Å²) in [6, 6.07) is 20.5. The molecule has 0 bridgehead atoms. The highest BCUT2D eigenvalue weighted by atomic mass is 32.1. The summed E-state index contributed by atoms with van der Waals surface area (Å²) in [5.41, 5.74) is 0.469. The minimum absolute atomic E-state index is 0.149. The number of nitrogens with zero attached hydrogens (tertiary/aromatic N) is 2. The molecular formula is C24H21N3O3S. The van der Waals surface area contributed by atoms with Gasteiger partial charge in [0, 0.05) is 24.3 Å². The second-order valence-electron chi connectivity index (χ2n) is 7.70. The second kappa shape index (κ2) is 7.67. The van der Waals surface area contributed by atoms with Crippen LogP contribution >= 0.6 is 11.3 Å². The van der Waals surface area contributed by atoms with Gasteiger partial charge in [-0.1, -0.05) is 48.5 Å². The van der Waals surface area contributed by atoms with Crippen molar-refractivity contribution in [2.75, 3.05) is 4.90 Å². The largest absolute Gasteiger partial charge is 0.347 e. The first-order valence-electron chi connectivity index (χ1n) is 10.2. The van der Waals surface area contributed by atoms with E-state index in [4.69, 9.17) is 0 Å². The van der Waals surface area contributed by atoms with Gasteiger partial charge in [0.05, 0.1) is 17.8 Å². The molecule has 5 rings (SSSR count). The van der Waals surface area contributed by atoms with Crippen LogP contribution in [-0.4, -0.2) is 28.3 Å². The Morgan fingerprint density at radius 3 is 2.55 bits per heavy atom. The molecule has 1 aromatic heterocycles. The van der Waals surface area contributed by atoms with Crippen molar-refractivity contribution in [2.24, 2.45) is 0 Å². The van der Waals surface area contributed by atoms with E-state index < -0.39 is 5.66 Å². The van der Waals surface area contributed by atoms with Gasteiger partial charge < -0.3 is 10.2 Å². The highest BCUT2D eigenvalue weighted by molar-refractivity contribution is 7.09. The number of hydrogen-bond donors (Lipinski definition) is 1. The van der Waals surface area contributed by atoms with Crippen LogP contribution in [0.25, 0.3) is 0 Å². The highest BCUT2D eigenvalue weighted by Crippen LogP contribution is 2.45. The molecule has 1 unspecified atom stereocenters. The summed E-state index contributed by atoms with van der Waals surface area (Å²) in [6.45, 7) is 0.597. The summed E-state index contributed by atoms with van der Waals surface area (Å²) in [7, 11) is 0. The van der Waals surface area contributed by atoms with Crippen molar-refractivity contribution in [2.45, 2.75) is 31.6 Å². The van der Waals surface area contributed by atoms with Crippen LogP contribution in [0.3, 0.4) is 0 Å². The SMILES string of the molecule is O=C1c2ccccc2N2C(=O)CCC2(C(=O)NCc2cccs2)N1Cc1ccccc1. The Morgan fingerprint density at radius 1 is 1.00 bits per heavy atom. The lowest BCUT2D eigenvalue weighted by molar-refractivity contribution is -0.134. The highest BCUT2D eigenvalue weighted by Gasteiger charge is 2.60. The van der Waals surface area contributed by atoms with E-state index in [1.54, 1.807) is 40.5 Å². The van der Waals surface area contributed by atoms with Gasteiger partial charge in [-0.2, -0.15) is 0 Å². The summed E-state index contributed by atoms with van der Waals surface area (Å²) in [6.07, 6.45) is 0.467. The van der Waals surface area contributed by atoms with Crippen LogP contribution in [-0.2, 0) is 22.7 Å². The van der Waals surface area contributed by atoms with Crippen molar-refractivity contribution in [3.63, 3.8) is 0 Å². The fourth-order valence-corrected chi connectivity index (χ4v) is 5.14. The van der Waals surface area contributed by atoms with Gasteiger partial charge in [0.15, 0.2) is 0 Å². The fraction of sp³-hybridized carbons (Fsp3) is 0.208. The zero-order valence-electron chi connectivity index (χ0n) is 16.8. The maximum atomic E-state index is 13.7. The molecule has 3 heterocycles. The van der Waals surface area contributed by atoms with E-state index >= 15 is 0 Å². The molecule has 31 heavy (non-hydrogen) atoms. The van der Waals surface area contributed by atoms with E-state index in [1.165, 1.54) is 4.90 Å². The first kappa shape index (κ1) is 19.5. The maximum absolute atomic E-state index is 13.7. The first-order valence-corrected chi connectivity index (χ1v) is 11.1. The number of anilines is 1. The lowest BCUT2D eigenvalue weighted by atomic mass is 9.94. The molecule has 0 aliphatic carbocycles. The molecule has 1 fully saturated rings. The summed E-state index contributed by atoms with van der Waals surface area (Å²) >= 11 is 1.55. The average molecular weight is 432 g/mol. The van der Waals surface area contributed by atoms with Crippen LogP contribution in [0.5, 0.6) is 0 Å². The average Bonchev–Trinajstić information content (AvgIpc) is 3.44. The number of fused-ring (bicyclic) bond motifs is 3. The quantitative estimate of drug-likeness (QED) is 0.672. The van der Waals surface area contributed by atoms with Gasteiger partial charge in [0.1, 0.15) is 0 Å². The molecule has 3 aromatic rings. The number of thiophene rings is 1. The van der Waals surface area contributed by atoms with Crippen molar-refractivity contribution in [1.82, 2.24) is 10.2 Å². The number of amides is 3. The van der Waals surface area contributed by atoms with Gasteiger partial charge in [-0.25, -0.2) is 0 Å². The van der Waals surface area contributed by atoms with E-state index in [1.807, 2.05) is 47.8 Å². The monoisotopic (exact) mass is 431 g/mol. The number of benzene rings is 2. The predicted octanol–water partition coefficient (Wildman–Crippen LogP) is 3.54. The van der Waals surface area contributed by atoms with Crippen molar-refractivity contribution < 1.29 is 14.4 Å². The van der Waals surface area contributed by atoms with Crippen LogP contribution in [0.2, 0.25) is 0 Å². The molecule has 2 aliphatic rings. The van der Waals surface area contributed by atoms with Crippen LogP contribution in [0.1, 0.15) is 33.6 Å². The third-order valence-electron chi connectivity index (χ3n) is 5.92. The predicted molar refractivity (Wildman–Crippen MR) is 118 cm³/mol. The van der Waals surface area contributed by atoms with E-state index in [0.29, 0.717) is 17.8 Å². The molecule has 2 aromatic carbocycles. The molecule has 7 heteroatoms. The van der Waals surface area contributed by atoms with Gasteiger partial charge in [0.2, 0.25) is 11.6 Å². The van der Waals surface area contributed by atoms with Crippen molar-refractivity contribution in [1.29, 1.82) is 0 Å². The van der Waals surface area contributed by atoms with E-state index in [9.17, 15) is 14.4 Å². The summed E-state index contributed by atoms with van der Waals surface area (Å²) in [5.74, 6) is -0.716. The van der Waals surface area contributed by atoms with E-state index in [0.717, 1.165) is 10.4 Å². The molecule has 1 N–H and O–H groups in total. The van der Waals surface area contributed by atoms with Crippen LogP contribution in [0.4, 0.5) is 5.69 Å². The smallest absolute Gasteiger partial charge is 0.267 e. The van der Waals surface area contributed by atoms with Crippen molar-refractivity contribution in [3.8, 4) is 0 Å². The van der Waals surface area contributed by atoms with Gasteiger partial charge in [-0.3, -0.25) is 19.3 Å². The van der Waals surface area contributed by atoms with E-state index in [-0.39, 0.29) is 37.1 Å². The second-order valence-corrected chi connectivity index (χ2v) is 8.73. The van der Waals surface area contributed by atoms with Crippen molar-refractivity contribution >= 4 is 34.7 Å². The lowest BCUT2D eigenvalue weighted by Gasteiger charge is -2.49. The molecular weight excluding hydrogens is 410 g/mol. The molecule has 156 valence electrons. The number of hydrogen-bond acceptors (Lipinski definition) is 4. The molecule has 1 saturated heterocycles. The summed E-state index contributed by atoms with van der Waals surface area (Å²) < 4.78 is 0. The van der Waals surface area contributed by atoms with E-state index in [2.05, 4.69) is 5.32 Å². The fourth-order valence-electron chi connectivity index (χ4n) is 4.49. The zero-order chi connectivity index (χ0) is 21.4. The third-order valence-corrected chi connectivity index (χ3v) is 6.80. The minimum atomic E-state index is -1.38. The molecule has 0 radical (unpaired) electrons. The number of nitrogens with one attached hydrogen (secondary N) is 1. The topological polar surface area (TPSA) is 69.7 Å². The van der Waals surface area contributed by atoms with Gasteiger partial charge in [0.25, 0.3) is 11.8 Å². The molecule has 3 amide bonds. The van der Waals surface area contributed by atoms with Crippen LogP contribution in [0, 0.1) is 0 Å². The molecule has 1 atom stereocenters. The number of carbonyl (C=O) groups is 3. The summed E-state index contributed by atoms with van der Waals surface area (Å²) in [4.78, 5) is 44.5. The Labute approximate surface area is 184 Å². The van der Waals surface area contributed by atoms with Crippen LogP contribution < -0.4 is 10.2 Å². The first-order chi connectivity index (χ1) is 15.1. The van der Waals surface area contributed by atoms with Crippen molar-refractivity contribution in [3.05, 3.63) is 88.1 Å². The molecule has 2 aliphatic heterocycles. The van der Waals surface area contributed by atoms with Gasteiger partial charge >= 0.3 is 0 Å². The lowest BCUT2D eigenvalue weighted by Crippen LogP contribution is -2.70. The molecule has 0 spiro atoms. The number of rotatable bonds is 5. The van der Waals surface area contributed by atoms with Gasteiger partial charge in [-0.05, 0) is 29.1 Å². The Morgan fingerprint density at radius 2 is 1.77 bits per heavy atom. The minimum Gasteiger partial charge on any atom is -0.347 e. The Hall–Kier alpha value is -3.45. The zero-order valence-corrected chi connectivity index (χ0v) is 17.6. The number of para-hydroxylation sites is 1.